The van der Waals surface area contributed by atoms with Gasteiger partial charge in [-0.2, -0.15) is 24.9 Å². The topological polar surface area (TPSA) is 386 Å². The van der Waals surface area contributed by atoms with Crippen molar-refractivity contribution in [2.45, 2.75) is 117 Å². The summed E-state index contributed by atoms with van der Waals surface area (Å²) >= 11 is 0. The Bertz CT molecular complexity index is 7980. The molecule has 0 unspecified atom stereocenters. The minimum atomic E-state index is -3.42. The average molecular weight is 2010 g/mol. The van der Waals surface area contributed by atoms with E-state index < -0.39 is 35.6 Å². The minimum absolute atomic E-state index is 0.0785. The first-order valence-corrected chi connectivity index (χ1v) is 52.9. The van der Waals surface area contributed by atoms with Crippen LogP contribution in [0.5, 0.6) is 0 Å². The van der Waals surface area contributed by atoms with Crippen molar-refractivity contribution in [3.63, 3.8) is 0 Å². The van der Waals surface area contributed by atoms with Crippen LogP contribution in [0.1, 0.15) is 113 Å². The maximum atomic E-state index is 13.0. The molecule has 13 heterocycles. The Morgan fingerprint density at radius 3 is 1.05 bits per heavy atom. The van der Waals surface area contributed by atoms with Gasteiger partial charge in [-0.3, -0.25) is 5.32 Å². The van der Waals surface area contributed by atoms with E-state index in [0.717, 1.165) is 131 Å². The second-order valence-electron chi connectivity index (χ2n) is 39.9. The number of carbonyl (C=O) groups excluding carboxylic acids is 1. The zero-order chi connectivity index (χ0) is 103. The van der Waals surface area contributed by atoms with Crippen LogP contribution in [0.15, 0.2) is 300 Å². The monoisotopic (exact) mass is 2010 g/mol. The Hall–Kier alpha value is -15.4. The number of methoxy groups -OCH3 is 1. The standard InChI is InChI=1S/C28H34N6O2S.C27H31N5O3S.C22H23N5O2S.C17H18N4O2.C15H16N4/c1-28(2,3)20-37(35,36)24-8-5-7-21(19-24)25-9-6-10-26-30-27(31-34(25)26)29-22-11-13-23(14-12-22)33-17-15-32(4)16-18-33;1-27(2,3)19-36(33,34)23-7-4-6-20(18-23)24-8-5-9-25-29-26(30-32(24)25)28-21-10-12-22(13-11-21)31-14-16-35-17-15-31;1-22(2,3)15-30(28,29)17-9-6-8-16(14-17)18-10-7-12-20-25-21(26-27(18)20)24-19-11-4-5-13-23-19;1-11(2)12-6-4-7-13(10-12)14-8-5-9-15-18-16(20-21(14)15)19-17(22)23-3;1-10(2)11-5-3-6-12(9-11)13-7-4-8-14-17-15(16)18-19(13)14/h5-14,19H,15-18,20H2,1-4H3,(H,29,31);4-13,18H,14-17,19H2,1-3H3,(H,28,30);4-14H,15H2,1-3H3,(H,23,24,26);4-11H,1-3H3,(H,19,20,22);3-10H,1-2H3,(H2,16,18). The molecule has 2 fully saturated rings. The number of rotatable bonds is 22. The predicted molar refractivity (Wildman–Crippen MR) is 575 cm³/mol. The lowest BCUT2D eigenvalue weighted by molar-refractivity contribution is 0.122. The molecule has 0 radical (unpaired) electrons. The third-order valence-corrected chi connectivity index (χ3v) is 30.3. The average Bonchev–Trinajstić information content (AvgIpc) is 1.46. The van der Waals surface area contributed by atoms with Gasteiger partial charge in [0.05, 0.1) is 80.7 Å². The summed E-state index contributed by atoms with van der Waals surface area (Å²) < 4.78 is 96.3. The lowest BCUT2D eigenvalue weighted by atomic mass is 9.99. The number of nitrogens with two attached hydrogens (primary N) is 1. The van der Waals surface area contributed by atoms with E-state index in [2.05, 4.69) is 192 Å². The Morgan fingerprint density at radius 2 is 0.697 bits per heavy atom. The molecule has 2 saturated heterocycles. The molecule has 33 nitrogen and oxygen atoms in total. The number of hydrogen-bond donors (Lipinski definition) is 5. The number of piperazine rings is 1. The highest BCUT2D eigenvalue weighted by Gasteiger charge is 2.29. The fraction of sp³-hybridized carbons (Fsp3) is 0.284. The van der Waals surface area contributed by atoms with Gasteiger partial charge in [0.1, 0.15) is 5.82 Å². The van der Waals surface area contributed by atoms with Gasteiger partial charge in [-0.1, -0.05) is 199 Å². The Balaban J connectivity index is 0.000000132. The van der Waals surface area contributed by atoms with Crippen molar-refractivity contribution >= 4 is 122 Å². The van der Waals surface area contributed by atoms with Crippen LogP contribution in [-0.4, -0.2) is 198 Å². The molecule has 7 aromatic carbocycles. The van der Waals surface area contributed by atoms with E-state index in [9.17, 15) is 30.0 Å². The van der Waals surface area contributed by atoms with Gasteiger partial charge in [-0.05, 0) is 216 Å². The van der Waals surface area contributed by atoms with E-state index in [1.165, 1.54) is 23.9 Å². The van der Waals surface area contributed by atoms with E-state index in [4.69, 9.17) is 10.5 Å². The zero-order valence-electron chi connectivity index (χ0n) is 84.0. The summed E-state index contributed by atoms with van der Waals surface area (Å²) in [6, 6.07) is 88.6. The molecule has 1 amide bonds. The maximum absolute atomic E-state index is 13.0. The molecule has 2 aliphatic heterocycles. The van der Waals surface area contributed by atoms with Crippen LogP contribution in [0, 0.1) is 16.2 Å². The molecule has 0 saturated carbocycles. The van der Waals surface area contributed by atoms with Crippen LogP contribution >= 0.6 is 0 Å². The molecule has 750 valence electrons. The predicted octanol–water partition coefficient (Wildman–Crippen LogP) is 20.7. The minimum Gasteiger partial charge on any atom is -0.453 e. The molecule has 11 aromatic heterocycles. The zero-order valence-corrected chi connectivity index (χ0v) is 86.5. The summed E-state index contributed by atoms with van der Waals surface area (Å²) in [5.74, 6) is 3.71. The summed E-state index contributed by atoms with van der Waals surface area (Å²) in [6.07, 6.45) is 1.09. The van der Waals surface area contributed by atoms with Crippen molar-refractivity contribution in [3.05, 3.63) is 296 Å². The first-order chi connectivity index (χ1) is 69.2. The second kappa shape index (κ2) is 43.8. The first kappa shape index (κ1) is 103. The third-order valence-electron chi connectivity index (χ3n) is 23.6. The number of anilines is 10. The highest BCUT2D eigenvalue weighted by molar-refractivity contribution is 7.92. The van der Waals surface area contributed by atoms with E-state index in [0.29, 0.717) is 78.7 Å². The highest BCUT2D eigenvalue weighted by atomic mass is 32.2. The number of nitrogens with one attached hydrogen (secondary N) is 4. The third kappa shape index (κ3) is 26.2. The number of benzene rings is 7. The van der Waals surface area contributed by atoms with E-state index in [1.807, 2.05) is 226 Å². The number of carbonyl (C=O) groups is 1. The number of amides is 1. The number of nitrogens with zero attached hydrogens (tertiary/aromatic N) is 19. The lowest BCUT2D eigenvalue weighted by Gasteiger charge is -2.34. The van der Waals surface area contributed by atoms with Gasteiger partial charge in [0.25, 0.3) is 5.95 Å². The van der Waals surface area contributed by atoms with Crippen molar-refractivity contribution in [2.24, 2.45) is 16.2 Å². The van der Waals surface area contributed by atoms with Crippen molar-refractivity contribution in [1.29, 1.82) is 0 Å². The Labute approximate surface area is 845 Å². The lowest BCUT2D eigenvalue weighted by Crippen LogP contribution is -2.44. The van der Waals surface area contributed by atoms with Crippen LogP contribution in [0.3, 0.4) is 0 Å². The van der Waals surface area contributed by atoms with Gasteiger partial charge in [0.15, 0.2) is 57.7 Å². The summed E-state index contributed by atoms with van der Waals surface area (Å²) in [7, 11) is -6.78. The molecule has 145 heavy (non-hydrogen) atoms. The van der Waals surface area contributed by atoms with Crippen LogP contribution in [-0.2, 0) is 39.0 Å². The number of pyridine rings is 6. The number of sulfone groups is 3. The van der Waals surface area contributed by atoms with Gasteiger partial charge >= 0.3 is 6.09 Å². The van der Waals surface area contributed by atoms with Gasteiger partial charge in [-0.15, -0.1) is 25.5 Å². The quantitative estimate of drug-likeness (QED) is 0.0421. The second-order valence-corrected chi connectivity index (χ2v) is 45.9. The number of fused-ring (bicyclic) bond motifs is 5. The van der Waals surface area contributed by atoms with Crippen LogP contribution in [0.25, 0.3) is 84.5 Å². The summed E-state index contributed by atoms with van der Waals surface area (Å²) in [6.45, 7) is 33.5. The van der Waals surface area contributed by atoms with Gasteiger partial charge < -0.3 is 45.9 Å². The van der Waals surface area contributed by atoms with Crippen molar-refractivity contribution in [3.8, 4) is 56.3 Å². The molecule has 0 atom stereocenters. The molecule has 20 rings (SSSR count). The van der Waals surface area contributed by atoms with Crippen molar-refractivity contribution < 1.29 is 39.5 Å². The van der Waals surface area contributed by atoms with Gasteiger partial charge in [-0.25, -0.2) is 57.6 Å². The number of aromatic nitrogens is 16. The number of morpholine rings is 1. The molecule has 0 spiro atoms. The highest BCUT2D eigenvalue weighted by Crippen LogP contribution is 2.36. The Kier molecular flexibility index (Phi) is 31.0. The Morgan fingerprint density at radius 1 is 0.372 bits per heavy atom. The normalized spacial score (nSPS) is 13.3. The fourth-order valence-corrected chi connectivity index (χ4v) is 22.5. The van der Waals surface area contributed by atoms with Crippen LogP contribution in [0.4, 0.5) is 63.1 Å². The number of nitrogen functional groups attached to an aromatic ring is 1. The maximum Gasteiger partial charge on any atom is 0.413 e. The molecule has 2 aliphatic rings. The molecular weight excluding hydrogens is 1890 g/mol. The number of likely N-dealkylation sites (N-methyl/N-ethyl adjacent to an activating group) is 1. The number of ether oxygens (including phenoxy) is 2. The largest absolute Gasteiger partial charge is 0.453 e. The SMILES string of the molecule is CC(C)(C)CS(=O)(=O)c1cccc(-c2cccc3nc(Nc4ccc(N5CCOCC5)cc4)nn23)c1.CC(C)(C)CS(=O)(=O)c1cccc(-c2cccc3nc(Nc4ccccn4)nn23)c1.CC(C)c1cccc(-c2cccc3nc(N)nn23)c1.CN1CCN(c2ccc(Nc3nc4cccc(-c5cccc(S(=O)(=O)CC(C)(C)C)c5)n4n3)cc2)CC1.COC(=O)Nc1nc2cccc(-c3cccc(C(C)C)c3)n2n1. The van der Waals surface area contributed by atoms with Crippen molar-refractivity contribution in [1.82, 2.24) is 82.9 Å². The molecule has 36 heteroatoms. The van der Waals surface area contributed by atoms with Crippen LogP contribution < -0.4 is 36.8 Å². The summed E-state index contributed by atoms with van der Waals surface area (Å²) in [5, 5.41) is 34.6. The number of hydrogen-bond acceptors (Lipinski definition) is 27. The molecular formula is C109H122N24O9S3. The van der Waals surface area contributed by atoms with E-state index >= 15 is 0 Å². The molecule has 0 aliphatic carbocycles. The van der Waals surface area contributed by atoms with Crippen molar-refractivity contribution in [2.75, 3.05) is 121 Å². The summed E-state index contributed by atoms with van der Waals surface area (Å²) in [5.41, 5.74) is 23.5. The smallest absolute Gasteiger partial charge is 0.413 e. The summed E-state index contributed by atoms with van der Waals surface area (Å²) in [4.78, 5) is 45.7. The first-order valence-electron chi connectivity index (χ1n) is 48.0. The van der Waals surface area contributed by atoms with Crippen LogP contribution in [0.2, 0.25) is 0 Å². The molecule has 6 N–H and O–H groups in total. The van der Waals surface area contributed by atoms with E-state index in [-0.39, 0.29) is 39.5 Å². The molecule has 0 bridgehead atoms. The van der Waals surface area contributed by atoms with Gasteiger partial charge in [0, 0.05) is 96.0 Å². The molecule has 18 aromatic rings. The van der Waals surface area contributed by atoms with E-state index in [1.54, 1.807) is 83.4 Å². The fourth-order valence-electron chi connectivity index (χ4n) is 16.8. The van der Waals surface area contributed by atoms with Gasteiger partial charge in [0.2, 0.25) is 23.8 Å².